The molecule has 0 spiro atoms. The maximum Gasteiger partial charge on any atom is 0.272 e. The molecule has 0 heterocycles. The van der Waals surface area contributed by atoms with Crippen molar-refractivity contribution in [3.05, 3.63) is 39.4 Å². The number of nitro groups is 1. The number of benzene rings is 1. The van der Waals surface area contributed by atoms with Crippen molar-refractivity contribution in [1.82, 2.24) is 0 Å². The topological polar surface area (TPSA) is 69.2 Å². The highest BCUT2D eigenvalue weighted by molar-refractivity contribution is 5.42. The average molecular weight is 220 g/mol. The number of hydrogen-bond acceptors (Lipinski definition) is 3. The molecule has 4 nitrogen and oxygen atoms in total. The van der Waals surface area contributed by atoms with Gasteiger partial charge in [0.25, 0.3) is 5.69 Å². The second kappa shape index (κ2) is 3.87. The quantitative estimate of drug-likeness (QED) is 0.625. The predicted octanol–water partition coefficient (Wildman–Crippen LogP) is 2.33. The predicted molar refractivity (Wildman–Crippen MR) is 62.3 cm³/mol. The molecule has 86 valence electrons. The molecule has 1 aromatic rings. The van der Waals surface area contributed by atoms with Crippen molar-refractivity contribution in [1.29, 1.82) is 0 Å². The van der Waals surface area contributed by atoms with E-state index in [0.717, 1.165) is 30.4 Å². The highest BCUT2D eigenvalue weighted by Crippen LogP contribution is 2.37. The minimum atomic E-state index is -0.315. The largest absolute Gasteiger partial charge is 0.325 e. The Morgan fingerprint density at radius 1 is 1.50 bits per heavy atom. The van der Waals surface area contributed by atoms with Crippen LogP contribution in [0.15, 0.2) is 18.2 Å². The lowest BCUT2D eigenvalue weighted by molar-refractivity contribution is -0.385. The van der Waals surface area contributed by atoms with Crippen molar-refractivity contribution >= 4 is 5.69 Å². The molecular weight excluding hydrogens is 204 g/mol. The summed E-state index contributed by atoms with van der Waals surface area (Å²) in [6.07, 6.45) is 3.64. The summed E-state index contributed by atoms with van der Waals surface area (Å²) in [5.41, 5.74) is 8.03. The fourth-order valence-corrected chi connectivity index (χ4v) is 1.89. The highest BCUT2D eigenvalue weighted by Gasteiger charge is 2.37. The third-order valence-electron chi connectivity index (χ3n) is 3.22. The monoisotopic (exact) mass is 220 g/mol. The average Bonchev–Trinajstić information content (AvgIpc) is 2.94. The second-order valence-corrected chi connectivity index (χ2v) is 4.75. The number of rotatable bonds is 4. The first-order valence-corrected chi connectivity index (χ1v) is 5.53. The molecule has 0 aliphatic heterocycles. The zero-order valence-corrected chi connectivity index (χ0v) is 9.40. The van der Waals surface area contributed by atoms with E-state index in [2.05, 4.69) is 0 Å². The molecular formula is C12H16N2O2. The van der Waals surface area contributed by atoms with Crippen LogP contribution in [0.2, 0.25) is 0 Å². The Morgan fingerprint density at radius 2 is 2.19 bits per heavy atom. The number of nitrogens with zero attached hydrogens (tertiary/aromatic N) is 1. The maximum atomic E-state index is 10.8. The normalized spacial score (nSPS) is 17.1. The molecule has 1 aromatic carbocycles. The molecule has 0 unspecified atom stereocenters. The summed E-state index contributed by atoms with van der Waals surface area (Å²) < 4.78 is 0. The van der Waals surface area contributed by atoms with E-state index in [1.165, 1.54) is 0 Å². The lowest BCUT2D eigenvalue weighted by Crippen LogP contribution is -2.22. The number of nitro benzene ring substituents is 1. The van der Waals surface area contributed by atoms with Crippen molar-refractivity contribution < 1.29 is 4.92 Å². The lowest BCUT2D eigenvalue weighted by atomic mass is 10.0. The van der Waals surface area contributed by atoms with Gasteiger partial charge in [-0.05, 0) is 38.7 Å². The summed E-state index contributed by atoms with van der Waals surface area (Å²) in [5, 5.41) is 10.8. The van der Waals surface area contributed by atoms with E-state index in [9.17, 15) is 10.1 Å². The van der Waals surface area contributed by atoms with Gasteiger partial charge in [-0.2, -0.15) is 0 Å². The van der Waals surface area contributed by atoms with Gasteiger partial charge in [-0.15, -0.1) is 0 Å². The Kier molecular flexibility index (Phi) is 2.68. The Bertz CT molecular complexity index is 425. The van der Waals surface area contributed by atoms with Crippen molar-refractivity contribution in [2.24, 2.45) is 5.73 Å². The fraction of sp³-hybridized carbons (Fsp3) is 0.500. The molecule has 16 heavy (non-hydrogen) atoms. The number of hydrogen-bond donors (Lipinski definition) is 1. The van der Waals surface area contributed by atoms with Gasteiger partial charge in [0.2, 0.25) is 0 Å². The van der Waals surface area contributed by atoms with E-state index < -0.39 is 0 Å². The van der Waals surface area contributed by atoms with E-state index in [0.29, 0.717) is 6.42 Å². The molecule has 2 N–H and O–H groups in total. The zero-order chi connectivity index (χ0) is 11.8. The number of nitrogens with two attached hydrogens (primary N) is 1. The summed E-state index contributed by atoms with van der Waals surface area (Å²) >= 11 is 0. The molecule has 2 rings (SSSR count). The fourth-order valence-electron chi connectivity index (χ4n) is 1.89. The minimum Gasteiger partial charge on any atom is -0.325 e. The SMILES string of the molecule is Cc1ccc([N+](=O)[O-])c(CCC2(N)CC2)c1. The third-order valence-corrected chi connectivity index (χ3v) is 3.22. The number of aryl methyl sites for hydroxylation is 2. The molecule has 4 heteroatoms. The van der Waals surface area contributed by atoms with Crippen LogP contribution < -0.4 is 5.73 Å². The van der Waals surface area contributed by atoms with Crippen LogP contribution >= 0.6 is 0 Å². The van der Waals surface area contributed by atoms with Gasteiger partial charge < -0.3 is 5.73 Å². The van der Waals surface area contributed by atoms with E-state index in [1.54, 1.807) is 12.1 Å². The zero-order valence-electron chi connectivity index (χ0n) is 9.40. The Balaban J connectivity index is 2.16. The van der Waals surface area contributed by atoms with E-state index in [-0.39, 0.29) is 16.1 Å². The van der Waals surface area contributed by atoms with E-state index >= 15 is 0 Å². The summed E-state index contributed by atoms with van der Waals surface area (Å²) in [5.74, 6) is 0. The smallest absolute Gasteiger partial charge is 0.272 e. The van der Waals surface area contributed by atoms with Crippen LogP contribution in [-0.4, -0.2) is 10.5 Å². The molecule has 1 fully saturated rings. The molecule has 1 aliphatic rings. The van der Waals surface area contributed by atoms with Crippen LogP contribution in [0.4, 0.5) is 5.69 Å². The van der Waals surface area contributed by atoms with Crippen LogP contribution in [0.1, 0.15) is 30.4 Å². The van der Waals surface area contributed by atoms with Gasteiger partial charge in [0.15, 0.2) is 0 Å². The summed E-state index contributed by atoms with van der Waals surface area (Å²) in [6, 6.07) is 5.25. The molecule has 0 aromatic heterocycles. The standard InChI is InChI=1S/C12H16N2O2/c1-9-2-3-11(14(15)16)10(8-9)4-5-12(13)6-7-12/h2-3,8H,4-7,13H2,1H3. The van der Waals surface area contributed by atoms with E-state index in [4.69, 9.17) is 5.73 Å². The van der Waals surface area contributed by atoms with Gasteiger partial charge in [-0.1, -0.05) is 11.6 Å². The van der Waals surface area contributed by atoms with Crippen molar-refractivity contribution in [3.8, 4) is 0 Å². The van der Waals surface area contributed by atoms with Crippen LogP contribution in [0.25, 0.3) is 0 Å². The Labute approximate surface area is 94.6 Å². The lowest BCUT2D eigenvalue weighted by Gasteiger charge is -2.09. The first-order valence-electron chi connectivity index (χ1n) is 5.53. The third kappa shape index (κ3) is 2.39. The second-order valence-electron chi connectivity index (χ2n) is 4.75. The first kappa shape index (κ1) is 11.1. The molecule has 0 amide bonds. The summed E-state index contributed by atoms with van der Waals surface area (Å²) in [4.78, 5) is 10.5. The molecule has 0 saturated heterocycles. The Hall–Kier alpha value is -1.42. The van der Waals surface area contributed by atoms with Gasteiger partial charge in [0.05, 0.1) is 4.92 Å². The summed E-state index contributed by atoms with van der Waals surface area (Å²) in [7, 11) is 0. The van der Waals surface area contributed by atoms with Crippen molar-refractivity contribution in [2.75, 3.05) is 0 Å². The van der Waals surface area contributed by atoms with Gasteiger partial charge in [0, 0.05) is 17.2 Å². The van der Waals surface area contributed by atoms with Gasteiger partial charge in [0.1, 0.15) is 0 Å². The molecule has 1 saturated carbocycles. The maximum absolute atomic E-state index is 10.8. The summed E-state index contributed by atoms with van der Waals surface area (Å²) in [6.45, 7) is 1.95. The van der Waals surface area contributed by atoms with Gasteiger partial charge >= 0.3 is 0 Å². The van der Waals surface area contributed by atoms with Crippen LogP contribution in [0.3, 0.4) is 0 Å². The molecule has 1 aliphatic carbocycles. The Morgan fingerprint density at radius 3 is 2.75 bits per heavy atom. The van der Waals surface area contributed by atoms with Crippen molar-refractivity contribution in [2.45, 2.75) is 38.1 Å². The molecule has 0 atom stereocenters. The first-order chi connectivity index (χ1) is 7.50. The van der Waals surface area contributed by atoms with E-state index in [1.807, 2.05) is 13.0 Å². The van der Waals surface area contributed by atoms with Gasteiger partial charge in [-0.25, -0.2) is 0 Å². The highest BCUT2D eigenvalue weighted by atomic mass is 16.6. The molecule has 0 bridgehead atoms. The van der Waals surface area contributed by atoms with Crippen LogP contribution in [0, 0.1) is 17.0 Å². The molecule has 0 radical (unpaired) electrons. The van der Waals surface area contributed by atoms with Crippen molar-refractivity contribution in [3.63, 3.8) is 0 Å². The van der Waals surface area contributed by atoms with Crippen LogP contribution in [0.5, 0.6) is 0 Å². The van der Waals surface area contributed by atoms with Gasteiger partial charge in [-0.3, -0.25) is 10.1 Å². The van der Waals surface area contributed by atoms with Crippen LogP contribution in [-0.2, 0) is 6.42 Å². The minimum absolute atomic E-state index is 0.0440.